The Bertz CT molecular complexity index is 282. The predicted octanol–water partition coefficient (Wildman–Crippen LogP) is 1.85. The Morgan fingerprint density at radius 3 is 2.47 bits per heavy atom. The quantitative estimate of drug-likeness (QED) is 0.695. The second kappa shape index (κ2) is 4.09. The lowest BCUT2D eigenvalue weighted by atomic mass is 9.96. The van der Waals surface area contributed by atoms with Gasteiger partial charge in [0.05, 0.1) is 0 Å². The molecular formula is C11H20N4. The van der Waals surface area contributed by atoms with Crippen LogP contribution in [0.3, 0.4) is 0 Å². The van der Waals surface area contributed by atoms with E-state index in [0.29, 0.717) is 0 Å². The maximum Gasteiger partial charge on any atom is 0.207 e. The zero-order chi connectivity index (χ0) is 11.6. The summed E-state index contributed by atoms with van der Waals surface area (Å²) in [5, 5.41) is 15.2. The molecule has 1 aliphatic rings. The van der Waals surface area contributed by atoms with E-state index in [4.69, 9.17) is 5.26 Å². The van der Waals surface area contributed by atoms with Gasteiger partial charge in [0.1, 0.15) is 12.4 Å². The number of hydrazone groups is 1. The average molecular weight is 208 g/mol. The summed E-state index contributed by atoms with van der Waals surface area (Å²) < 4.78 is 0. The Morgan fingerprint density at radius 2 is 2.07 bits per heavy atom. The Morgan fingerprint density at radius 1 is 1.47 bits per heavy atom. The molecule has 1 atom stereocenters. The molecule has 0 bridgehead atoms. The zero-order valence-corrected chi connectivity index (χ0v) is 10.2. The smallest absolute Gasteiger partial charge is 0.207 e. The van der Waals surface area contributed by atoms with Crippen molar-refractivity contribution >= 4 is 6.34 Å². The van der Waals surface area contributed by atoms with Gasteiger partial charge in [-0.15, -0.1) is 0 Å². The maximum atomic E-state index is 9.14. The number of rotatable bonds is 2. The van der Waals surface area contributed by atoms with Gasteiger partial charge in [-0.2, -0.15) is 10.4 Å². The summed E-state index contributed by atoms with van der Waals surface area (Å²) in [5.74, 6) is 0. The first-order valence-corrected chi connectivity index (χ1v) is 5.33. The van der Waals surface area contributed by atoms with Crippen molar-refractivity contribution < 1.29 is 0 Å². The van der Waals surface area contributed by atoms with Crippen LogP contribution in [0.1, 0.15) is 34.6 Å². The summed E-state index contributed by atoms with van der Waals surface area (Å²) in [4.78, 5) is 2.00. The normalized spacial score (nSPS) is 21.3. The Labute approximate surface area is 92.2 Å². The van der Waals surface area contributed by atoms with E-state index in [1.54, 1.807) is 6.34 Å². The first-order valence-electron chi connectivity index (χ1n) is 5.33. The molecule has 0 spiro atoms. The molecule has 0 saturated carbocycles. The first-order chi connectivity index (χ1) is 6.85. The van der Waals surface area contributed by atoms with Crippen molar-refractivity contribution in [3.63, 3.8) is 0 Å². The molecule has 4 nitrogen and oxygen atoms in total. The van der Waals surface area contributed by atoms with Crippen LogP contribution in [0.25, 0.3) is 0 Å². The summed E-state index contributed by atoms with van der Waals surface area (Å²) in [5.41, 5.74) is 0.175. The average Bonchev–Trinajstić information content (AvgIpc) is 2.44. The molecule has 0 aliphatic carbocycles. The number of nitriles is 1. The highest BCUT2D eigenvalue weighted by molar-refractivity contribution is 5.58. The molecule has 0 saturated heterocycles. The van der Waals surface area contributed by atoms with Gasteiger partial charge in [0, 0.05) is 12.6 Å². The van der Waals surface area contributed by atoms with Gasteiger partial charge < -0.3 is 4.90 Å². The van der Waals surface area contributed by atoms with Gasteiger partial charge in [-0.05, 0) is 19.3 Å². The topological polar surface area (TPSA) is 42.6 Å². The molecule has 0 N–H and O–H groups in total. The van der Waals surface area contributed by atoms with Crippen LogP contribution in [-0.4, -0.2) is 35.0 Å². The van der Waals surface area contributed by atoms with Crippen LogP contribution in [0.15, 0.2) is 5.10 Å². The molecule has 1 aliphatic heterocycles. The molecule has 1 unspecified atom stereocenters. The van der Waals surface area contributed by atoms with E-state index in [0.717, 1.165) is 6.54 Å². The minimum atomic E-state index is -0.246. The van der Waals surface area contributed by atoms with Crippen LogP contribution in [0.2, 0.25) is 0 Å². The molecule has 84 valence electrons. The summed E-state index contributed by atoms with van der Waals surface area (Å²) in [6.07, 6.45) is 1.53. The fourth-order valence-electron chi connectivity index (χ4n) is 1.63. The molecular weight excluding hydrogens is 188 g/mol. The van der Waals surface area contributed by atoms with Crippen LogP contribution < -0.4 is 0 Å². The number of hydrogen-bond donors (Lipinski definition) is 0. The zero-order valence-electron chi connectivity index (χ0n) is 10.2. The molecule has 0 aromatic heterocycles. The molecule has 15 heavy (non-hydrogen) atoms. The van der Waals surface area contributed by atoms with Gasteiger partial charge in [-0.1, -0.05) is 20.8 Å². The third-order valence-corrected chi connectivity index (χ3v) is 2.20. The SMILES string of the molecule is CC(C)N1N=CN(CC(C)(C)C)C1C#N. The van der Waals surface area contributed by atoms with E-state index in [1.165, 1.54) is 0 Å². The molecule has 4 heteroatoms. The van der Waals surface area contributed by atoms with E-state index in [2.05, 4.69) is 31.9 Å². The largest absolute Gasteiger partial charge is 0.327 e. The van der Waals surface area contributed by atoms with Crippen molar-refractivity contribution in [1.82, 2.24) is 9.91 Å². The third-order valence-electron chi connectivity index (χ3n) is 2.20. The lowest BCUT2D eigenvalue weighted by molar-refractivity contribution is 0.120. The van der Waals surface area contributed by atoms with Gasteiger partial charge in [0.25, 0.3) is 0 Å². The first kappa shape index (κ1) is 11.8. The van der Waals surface area contributed by atoms with Gasteiger partial charge in [-0.25, -0.2) is 0 Å². The molecule has 0 fully saturated rings. The van der Waals surface area contributed by atoms with E-state index in [9.17, 15) is 0 Å². The van der Waals surface area contributed by atoms with Crippen LogP contribution in [0, 0.1) is 16.7 Å². The Balaban J connectivity index is 2.71. The fourth-order valence-corrected chi connectivity index (χ4v) is 1.63. The molecule has 0 amide bonds. The third kappa shape index (κ3) is 2.85. The van der Waals surface area contributed by atoms with Crippen molar-refractivity contribution in [2.75, 3.05) is 6.54 Å². The number of nitrogens with zero attached hydrogens (tertiary/aromatic N) is 4. The van der Waals surface area contributed by atoms with Gasteiger partial charge in [0.15, 0.2) is 0 Å². The van der Waals surface area contributed by atoms with Gasteiger partial charge >= 0.3 is 0 Å². The molecule has 0 radical (unpaired) electrons. The van der Waals surface area contributed by atoms with Crippen molar-refractivity contribution in [1.29, 1.82) is 5.26 Å². The molecule has 0 aromatic carbocycles. The molecule has 1 heterocycles. The second-order valence-corrected chi connectivity index (χ2v) is 5.44. The van der Waals surface area contributed by atoms with Gasteiger partial charge in [-0.3, -0.25) is 5.01 Å². The second-order valence-electron chi connectivity index (χ2n) is 5.44. The highest BCUT2D eigenvalue weighted by Gasteiger charge is 2.31. The van der Waals surface area contributed by atoms with Crippen molar-refractivity contribution in [3.05, 3.63) is 0 Å². The monoisotopic (exact) mass is 208 g/mol. The number of hydrogen-bond acceptors (Lipinski definition) is 4. The lowest BCUT2D eigenvalue weighted by Crippen LogP contribution is -2.44. The van der Waals surface area contributed by atoms with Crippen molar-refractivity contribution in [2.24, 2.45) is 10.5 Å². The van der Waals surface area contributed by atoms with Crippen molar-refractivity contribution in [2.45, 2.75) is 46.8 Å². The standard InChI is InChI=1S/C11H20N4/c1-9(2)15-10(6-12)14(8-13-15)7-11(3,4)5/h8-10H,7H2,1-5H3. The summed E-state index contributed by atoms with van der Waals surface area (Å²) in [7, 11) is 0. The van der Waals surface area contributed by atoms with Crippen LogP contribution in [0.5, 0.6) is 0 Å². The summed E-state index contributed by atoms with van der Waals surface area (Å²) in [6, 6.07) is 2.55. The maximum absolute atomic E-state index is 9.14. The molecule has 1 rings (SSSR count). The predicted molar refractivity (Wildman–Crippen MR) is 61.0 cm³/mol. The van der Waals surface area contributed by atoms with Crippen LogP contribution >= 0.6 is 0 Å². The lowest BCUT2D eigenvalue weighted by Gasteiger charge is -2.31. The Kier molecular flexibility index (Phi) is 3.23. The van der Waals surface area contributed by atoms with Crippen LogP contribution in [0.4, 0.5) is 0 Å². The highest BCUT2D eigenvalue weighted by Crippen LogP contribution is 2.21. The minimum absolute atomic E-state index is 0.175. The summed E-state index contributed by atoms with van der Waals surface area (Å²) in [6.45, 7) is 11.4. The van der Waals surface area contributed by atoms with E-state index in [1.807, 2.05) is 23.8 Å². The van der Waals surface area contributed by atoms with Crippen LogP contribution in [-0.2, 0) is 0 Å². The Hall–Kier alpha value is -1.24. The van der Waals surface area contributed by atoms with E-state index >= 15 is 0 Å². The van der Waals surface area contributed by atoms with E-state index < -0.39 is 0 Å². The highest BCUT2D eigenvalue weighted by atomic mass is 15.6. The van der Waals surface area contributed by atoms with E-state index in [-0.39, 0.29) is 17.6 Å². The fraction of sp³-hybridized carbons (Fsp3) is 0.818. The summed E-state index contributed by atoms with van der Waals surface area (Å²) >= 11 is 0. The van der Waals surface area contributed by atoms with Gasteiger partial charge in [0.2, 0.25) is 6.17 Å². The molecule has 0 aromatic rings. The van der Waals surface area contributed by atoms with Crippen molar-refractivity contribution in [3.8, 4) is 6.07 Å². The minimum Gasteiger partial charge on any atom is -0.327 e.